The average molecular weight is 364 g/mol. The molecular weight excluding hydrogens is 334 g/mol. The summed E-state index contributed by atoms with van der Waals surface area (Å²) in [6.45, 7) is 3.67. The molecule has 1 spiro atoms. The summed E-state index contributed by atoms with van der Waals surface area (Å²) in [5.74, 6) is 0.327. The van der Waals surface area contributed by atoms with Crippen LogP contribution < -0.4 is 4.90 Å². The maximum absolute atomic E-state index is 13.2. The van der Waals surface area contributed by atoms with Crippen LogP contribution in [0, 0.1) is 5.41 Å². The molecule has 1 saturated heterocycles. The van der Waals surface area contributed by atoms with Crippen molar-refractivity contribution in [3.63, 3.8) is 0 Å². The Hall–Kier alpha value is -2.13. The van der Waals surface area contributed by atoms with Gasteiger partial charge in [-0.15, -0.1) is 0 Å². The number of hydrogen-bond acceptors (Lipinski definition) is 2. The van der Waals surface area contributed by atoms with Crippen LogP contribution in [0.15, 0.2) is 54.6 Å². The Bertz CT molecular complexity index is 761. The fourth-order valence-electron chi connectivity index (χ4n) is 4.54. The van der Waals surface area contributed by atoms with Gasteiger partial charge in [-0.25, -0.2) is 0 Å². The highest BCUT2D eigenvalue weighted by molar-refractivity contribution is 5.99. The zero-order valence-corrected chi connectivity index (χ0v) is 16.2. The molecule has 2 aromatic rings. The second-order valence-corrected chi connectivity index (χ2v) is 8.00. The number of anilines is 1. The van der Waals surface area contributed by atoms with Crippen molar-refractivity contribution < 1.29 is 9.53 Å². The number of hydrogen-bond donors (Lipinski definition) is 0. The smallest absolute Gasteiger partial charge is 0.233 e. The first kappa shape index (κ1) is 18.2. The van der Waals surface area contributed by atoms with E-state index in [4.69, 9.17) is 4.74 Å². The minimum absolute atomic E-state index is 0.157. The highest BCUT2D eigenvalue weighted by Crippen LogP contribution is 2.46. The molecule has 4 rings (SSSR count). The minimum Gasteiger partial charge on any atom is -0.374 e. The first-order chi connectivity index (χ1) is 13.2. The molecule has 1 aliphatic heterocycles. The number of nitrogens with zero attached hydrogens (tertiary/aromatic N) is 1. The lowest BCUT2D eigenvalue weighted by Crippen LogP contribution is -2.39. The Morgan fingerprint density at radius 2 is 1.67 bits per heavy atom. The Balaban J connectivity index is 1.34. The van der Waals surface area contributed by atoms with Gasteiger partial charge < -0.3 is 9.64 Å². The fourth-order valence-corrected chi connectivity index (χ4v) is 4.54. The van der Waals surface area contributed by atoms with Crippen molar-refractivity contribution in [1.29, 1.82) is 0 Å². The lowest BCUT2D eigenvalue weighted by molar-refractivity contribution is -0.129. The van der Waals surface area contributed by atoms with Crippen molar-refractivity contribution in [3.05, 3.63) is 65.7 Å². The van der Waals surface area contributed by atoms with Crippen molar-refractivity contribution in [2.24, 2.45) is 5.41 Å². The van der Waals surface area contributed by atoms with Gasteiger partial charge in [0.1, 0.15) is 0 Å². The van der Waals surface area contributed by atoms with Gasteiger partial charge in [0, 0.05) is 12.2 Å². The average Bonchev–Trinajstić information content (AvgIpc) is 3.04. The highest BCUT2D eigenvalue weighted by atomic mass is 16.5. The van der Waals surface area contributed by atoms with Gasteiger partial charge in [-0.3, -0.25) is 4.79 Å². The summed E-state index contributed by atoms with van der Waals surface area (Å²) in [5, 5.41) is 0. The summed E-state index contributed by atoms with van der Waals surface area (Å²) in [6, 6.07) is 18.8. The lowest BCUT2D eigenvalue weighted by Gasteiger charge is -2.35. The summed E-state index contributed by atoms with van der Waals surface area (Å²) in [5.41, 5.74) is 3.43. The molecule has 2 aliphatic rings. The summed E-state index contributed by atoms with van der Waals surface area (Å²) in [6.07, 6.45) is 6.17. The van der Waals surface area contributed by atoms with E-state index in [1.165, 1.54) is 11.1 Å². The molecule has 3 heteroatoms. The predicted molar refractivity (Wildman–Crippen MR) is 109 cm³/mol. The fraction of sp³-hybridized carbons (Fsp3) is 0.458. The molecule has 1 amide bonds. The van der Waals surface area contributed by atoms with E-state index in [0.29, 0.717) is 12.5 Å². The molecule has 0 atom stereocenters. The predicted octanol–water partition coefficient (Wildman–Crippen LogP) is 5.13. The zero-order chi connectivity index (χ0) is 18.7. The second-order valence-electron chi connectivity index (χ2n) is 8.00. The monoisotopic (exact) mass is 363 g/mol. The molecular formula is C24H29NO2. The molecule has 1 aliphatic carbocycles. The van der Waals surface area contributed by atoms with Crippen LogP contribution in [0.2, 0.25) is 0 Å². The molecule has 3 nitrogen and oxygen atoms in total. The molecule has 0 aromatic heterocycles. The van der Waals surface area contributed by atoms with Crippen LogP contribution in [-0.2, 0) is 22.6 Å². The van der Waals surface area contributed by atoms with E-state index in [2.05, 4.69) is 43.3 Å². The van der Waals surface area contributed by atoms with Crippen LogP contribution in [0.4, 0.5) is 5.69 Å². The Morgan fingerprint density at radius 3 is 2.33 bits per heavy atom. The number of amides is 1. The summed E-state index contributed by atoms with van der Waals surface area (Å²) < 4.78 is 6.12. The Morgan fingerprint density at radius 1 is 0.963 bits per heavy atom. The number of aryl methyl sites for hydroxylation is 1. The van der Waals surface area contributed by atoms with Gasteiger partial charge in [0.15, 0.2) is 0 Å². The van der Waals surface area contributed by atoms with Crippen molar-refractivity contribution in [2.75, 3.05) is 11.4 Å². The molecule has 27 heavy (non-hydrogen) atoms. The lowest BCUT2D eigenvalue weighted by atomic mass is 9.72. The molecule has 0 radical (unpaired) electrons. The number of carbonyl (C=O) groups is 1. The maximum atomic E-state index is 13.2. The SMILES string of the molecule is CCc1ccc(N2CC[C@]3(CC[C@H](OCc4ccccc4)CC3)C2=O)cc1. The van der Waals surface area contributed by atoms with Gasteiger partial charge in [0.25, 0.3) is 0 Å². The van der Waals surface area contributed by atoms with E-state index in [-0.39, 0.29) is 11.5 Å². The van der Waals surface area contributed by atoms with Crippen LogP contribution in [0.1, 0.15) is 50.2 Å². The number of ether oxygens (including phenoxy) is 1. The van der Waals surface area contributed by atoms with Gasteiger partial charge in [-0.2, -0.15) is 0 Å². The summed E-state index contributed by atoms with van der Waals surface area (Å²) in [7, 11) is 0. The molecule has 2 fully saturated rings. The Labute approximate surface area is 162 Å². The maximum Gasteiger partial charge on any atom is 0.233 e. The highest BCUT2D eigenvalue weighted by Gasteiger charge is 2.48. The van der Waals surface area contributed by atoms with Crippen molar-refractivity contribution in [1.82, 2.24) is 0 Å². The molecule has 0 bridgehead atoms. The van der Waals surface area contributed by atoms with Crippen LogP contribution in [0.25, 0.3) is 0 Å². The third kappa shape index (κ3) is 3.79. The molecule has 0 unspecified atom stereocenters. The van der Waals surface area contributed by atoms with Gasteiger partial charge in [-0.05, 0) is 61.8 Å². The topological polar surface area (TPSA) is 29.5 Å². The van der Waals surface area contributed by atoms with Gasteiger partial charge in [0.05, 0.1) is 18.1 Å². The quantitative estimate of drug-likeness (QED) is 0.737. The van der Waals surface area contributed by atoms with E-state index in [1.54, 1.807) is 0 Å². The van der Waals surface area contributed by atoms with Crippen LogP contribution >= 0.6 is 0 Å². The molecule has 1 saturated carbocycles. The molecule has 142 valence electrons. The van der Waals surface area contributed by atoms with E-state index in [0.717, 1.165) is 50.8 Å². The van der Waals surface area contributed by atoms with Crippen molar-refractivity contribution in [3.8, 4) is 0 Å². The second kappa shape index (κ2) is 7.85. The van der Waals surface area contributed by atoms with Crippen molar-refractivity contribution >= 4 is 11.6 Å². The molecule has 1 heterocycles. The molecule has 0 N–H and O–H groups in total. The van der Waals surface area contributed by atoms with Crippen LogP contribution in [-0.4, -0.2) is 18.6 Å². The van der Waals surface area contributed by atoms with Gasteiger partial charge in [-0.1, -0.05) is 49.4 Å². The van der Waals surface area contributed by atoms with E-state index < -0.39 is 0 Å². The first-order valence-electron chi connectivity index (χ1n) is 10.3. The van der Waals surface area contributed by atoms with E-state index in [1.807, 2.05) is 23.1 Å². The Kier molecular flexibility index (Phi) is 5.31. The van der Waals surface area contributed by atoms with E-state index in [9.17, 15) is 4.79 Å². The summed E-state index contributed by atoms with van der Waals surface area (Å²) in [4.78, 5) is 15.2. The van der Waals surface area contributed by atoms with Gasteiger partial charge in [0.2, 0.25) is 5.91 Å². The number of carbonyl (C=O) groups excluding carboxylic acids is 1. The zero-order valence-electron chi connectivity index (χ0n) is 16.2. The summed E-state index contributed by atoms with van der Waals surface area (Å²) >= 11 is 0. The number of rotatable bonds is 5. The van der Waals surface area contributed by atoms with Gasteiger partial charge >= 0.3 is 0 Å². The first-order valence-corrected chi connectivity index (χ1v) is 10.3. The standard InChI is InChI=1S/C24H29NO2/c1-2-19-8-10-21(11-9-19)25-17-16-24(23(25)26)14-12-22(13-15-24)27-18-20-6-4-3-5-7-20/h3-11,22H,2,12-18H2,1H3/t22-,24+. The normalized spacial score (nSPS) is 25.3. The number of benzene rings is 2. The van der Waals surface area contributed by atoms with Crippen LogP contribution in [0.5, 0.6) is 0 Å². The minimum atomic E-state index is -0.157. The largest absolute Gasteiger partial charge is 0.374 e. The van der Waals surface area contributed by atoms with Crippen LogP contribution in [0.3, 0.4) is 0 Å². The third-order valence-corrected chi connectivity index (χ3v) is 6.39. The van der Waals surface area contributed by atoms with E-state index >= 15 is 0 Å². The van der Waals surface area contributed by atoms with Crippen molar-refractivity contribution in [2.45, 2.75) is 58.2 Å². The molecule has 2 aromatic carbocycles. The third-order valence-electron chi connectivity index (χ3n) is 6.39.